The third-order valence-electron chi connectivity index (χ3n) is 3.93. The normalized spacial score (nSPS) is 10.2. The van der Waals surface area contributed by atoms with Crippen molar-refractivity contribution in [2.24, 2.45) is 0 Å². The summed E-state index contributed by atoms with van der Waals surface area (Å²) < 4.78 is 10.3. The Balaban J connectivity index is 1.86. The van der Waals surface area contributed by atoms with Gasteiger partial charge >= 0.3 is 0 Å². The highest BCUT2D eigenvalue weighted by Crippen LogP contribution is 2.21. The highest BCUT2D eigenvalue weighted by atomic mass is 16.5. The van der Waals surface area contributed by atoms with Gasteiger partial charge in [-0.3, -0.25) is 0 Å². The lowest BCUT2D eigenvalue weighted by Crippen LogP contribution is -1.92. The van der Waals surface area contributed by atoms with Gasteiger partial charge in [0, 0.05) is 0 Å². The Hall–Kier alpha value is -2.48. The van der Waals surface area contributed by atoms with E-state index in [0.717, 1.165) is 38.9 Å². The first-order valence-corrected chi connectivity index (χ1v) is 8.47. The molecule has 0 aliphatic rings. The van der Waals surface area contributed by atoms with Crippen molar-refractivity contribution < 1.29 is 9.47 Å². The quantitative estimate of drug-likeness (QED) is 0.399. The number of ether oxygens (including phenoxy) is 2. The van der Waals surface area contributed by atoms with Crippen LogP contribution in [-0.4, -0.2) is 13.2 Å². The van der Waals surface area contributed by atoms with Crippen molar-refractivity contribution >= 4 is 0 Å². The molecule has 2 rings (SSSR count). The molecule has 0 aliphatic carbocycles. The number of aryl methyl sites for hydroxylation is 2. The van der Waals surface area contributed by atoms with Crippen molar-refractivity contribution in [3.63, 3.8) is 0 Å². The minimum absolute atomic E-state index is 0.727. The zero-order valence-corrected chi connectivity index (χ0v) is 14.2. The van der Waals surface area contributed by atoms with Crippen LogP contribution in [0.3, 0.4) is 0 Å². The lowest BCUT2D eigenvalue weighted by Gasteiger charge is -2.07. The van der Waals surface area contributed by atoms with Crippen LogP contribution in [0.25, 0.3) is 11.1 Å². The molecule has 0 amide bonds. The van der Waals surface area contributed by atoms with Crippen molar-refractivity contribution in [2.45, 2.75) is 25.7 Å². The second-order valence-electron chi connectivity index (χ2n) is 5.68. The van der Waals surface area contributed by atoms with Crippen LogP contribution >= 0.6 is 0 Å². The van der Waals surface area contributed by atoms with Gasteiger partial charge in [-0.15, -0.1) is 0 Å². The van der Waals surface area contributed by atoms with Gasteiger partial charge in [0.05, 0.1) is 25.7 Å². The molecule has 0 radical (unpaired) electrons. The van der Waals surface area contributed by atoms with Gasteiger partial charge in [0.2, 0.25) is 0 Å². The fourth-order valence-electron chi connectivity index (χ4n) is 2.61. The molecular formula is C22H26O2. The summed E-state index contributed by atoms with van der Waals surface area (Å²) in [5, 5.41) is 0. The van der Waals surface area contributed by atoms with E-state index in [-0.39, 0.29) is 0 Å². The van der Waals surface area contributed by atoms with Gasteiger partial charge in [-0.25, -0.2) is 0 Å². The number of rotatable bonds is 11. The van der Waals surface area contributed by atoms with Gasteiger partial charge in [0.25, 0.3) is 0 Å². The lowest BCUT2D eigenvalue weighted by atomic mass is 10.00. The molecule has 0 spiro atoms. The van der Waals surface area contributed by atoms with Crippen molar-refractivity contribution in [1.29, 1.82) is 0 Å². The molecule has 0 atom stereocenters. The molecule has 0 bridgehead atoms. The van der Waals surface area contributed by atoms with Gasteiger partial charge < -0.3 is 9.47 Å². The van der Waals surface area contributed by atoms with Gasteiger partial charge in [0.1, 0.15) is 0 Å². The van der Waals surface area contributed by atoms with E-state index in [0.29, 0.717) is 0 Å². The summed E-state index contributed by atoms with van der Waals surface area (Å²) in [4.78, 5) is 0. The second kappa shape index (κ2) is 10.3. The fourth-order valence-corrected chi connectivity index (χ4v) is 2.61. The molecule has 0 fully saturated rings. The molecule has 2 aromatic rings. The van der Waals surface area contributed by atoms with Crippen LogP contribution in [0.15, 0.2) is 74.2 Å². The molecule has 0 unspecified atom stereocenters. The Morgan fingerprint density at radius 1 is 0.625 bits per heavy atom. The monoisotopic (exact) mass is 322 g/mol. The second-order valence-corrected chi connectivity index (χ2v) is 5.68. The van der Waals surface area contributed by atoms with Crippen molar-refractivity contribution in [3.05, 3.63) is 85.3 Å². The predicted octanol–water partition coefficient (Wildman–Crippen LogP) is 5.54. The van der Waals surface area contributed by atoms with Crippen LogP contribution in [0.5, 0.6) is 0 Å². The minimum Gasteiger partial charge on any atom is -0.502 e. The summed E-state index contributed by atoms with van der Waals surface area (Å²) in [5.74, 6) is 0. The van der Waals surface area contributed by atoms with Crippen LogP contribution in [0.1, 0.15) is 24.0 Å². The minimum atomic E-state index is 0.727. The van der Waals surface area contributed by atoms with Crippen molar-refractivity contribution in [1.82, 2.24) is 0 Å². The zero-order valence-electron chi connectivity index (χ0n) is 14.2. The molecule has 126 valence electrons. The molecule has 0 heterocycles. The van der Waals surface area contributed by atoms with Gasteiger partial charge in [-0.1, -0.05) is 61.7 Å². The third-order valence-corrected chi connectivity index (χ3v) is 3.93. The van der Waals surface area contributed by atoms with Crippen molar-refractivity contribution in [3.8, 4) is 11.1 Å². The number of hydrogen-bond acceptors (Lipinski definition) is 2. The lowest BCUT2D eigenvalue weighted by molar-refractivity contribution is 0.246. The number of hydrogen-bond donors (Lipinski definition) is 0. The molecule has 2 nitrogen and oxygen atoms in total. The first kappa shape index (κ1) is 17.9. The summed E-state index contributed by atoms with van der Waals surface area (Å²) in [6, 6.07) is 17.6. The van der Waals surface area contributed by atoms with Crippen LogP contribution in [-0.2, 0) is 22.3 Å². The first-order valence-electron chi connectivity index (χ1n) is 8.47. The van der Waals surface area contributed by atoms with Gasteiger partial charge in [0.15, 0.2) is 0 Å². The van der Waals surface area contributed by atoms with E-state index in [1.807, 2.05) is 0 Å². The molecular weight excluding hydrogens is 296 g/mol. The maximum absolute atomic E-state index is 5.15. The topological polar surface area (TPSA) is 18.5 Å². The first-order chi connectivity index (χ1) is 11.8. The van der Waals surface area contributed by atoms with E-state index < -0.39 is 0 Å². The Labute approximate surface area is 145 Å². The Bertz CT molecular complexity index is 554. The van der Waals surface area contributed by atoms with E-state index in [1.165, 1.54) is 34.8 Å². The molecule has 0 aliphatic heterocycles. The Morgan fingerprint density at radius 3 is 1.33 bits per heavy atom. The molecule has 2 aromatic carbocycles. The van der Waals surface area contributed by atoms with Crippen LogP contribution in [0.2, 0.25) is 0 Å². The number of benzene rings is 2. The van der Waals surface area contributed by atoms with E-state index in [4.69, 9.17) is 9.47 Å². The van der Waals surface area contributed by atoms with Crippen molar-refractivity contribution in [2.75, 3.05) is 13.2 Å². The third kappa shape index (κ3) is 5.96. The smallest absolute Gasteiger partial charge is 0.0876 e. The largest absolute Gasteiger partial charge is 0.502 e. The Morgan fingerprint density at radius 2 is 1.00 bits per heavy atom. The van der Waals surface area contributed by atoms with E-state index in [9.17, 15) is 0 Å². The zero-order chi connectivity index (χ0) is 17.0. The average Bonchev–Trinajstić information content (AvgIpc) is 2.64. The standard InChI is InChI=1S/C22H26O2/c1-3-23-17-5-7-19-9-13-21(14-10-19)22-15-11-20(12-16-22)8-6-18-24-4-2/h3-4,9-16H,1-2,5-8,17-18H2. The molecule has 24 heavy (non-hydrogen) atoms. The van der Waals surface area contributed by atoms with Crippen LogP contribution in [0.4, 0.5) is 0 Å². The maximum atomic E-state index is 5.15. The Kier molecular flexibility index (Phi) is 7.69. The highest BCUT2D eigenvalue weighted by molar-refractivity contribution is 5.63. The summed E-state index contributed by atoms with van der Waals surface area (Å²) >= 11 is 0. The van der Waals surface area contributed by atoms with Crippen LogP contribution < -0.4 is 0 Å². The van der Waals surface area contributed by atoms with Crippen LogP contribution in [0, 0.1) is 0 Å². The summed E-state index contributed by atoms with van der Waals surface area (Å²) in [5.41, 5.74) is 5.18. The summed E-state index contributed by atoms with van der Waals surface area (Å²) in [6.07, 6.45) is 7.07. The molecule has 0 N–H and O–H groups in total. The molecule has 2 heteroatoms. The molecule has 0 saturated carbocycles. The predicted molar refractivity (Wildman–Crippen MR) is 101 cm³/mol. The molecule has 0 saturated heterocycles. The fraction of sp³-hybridized carbons (Fsp3) is 0.273. The van der Waals surface area contributed by atoms with Gasteiger partial charge in [-0.2, -0.15) is 0 Å². The highest BCUT2D eigenvalue weighted by Gasteiger charge is 2.00. The SMILES string of the molecule is C=COCCCc1ccc(-c2ccc(CCCOC=C)cc2)cc1. The summed E-state index contributed by atoms with van der Waals surface area (Å²) in [6.45, 7) is 8.55. The average molecular weight is 322 g/mol. The van der Waals surface area contributed by atoms with E-state index in [2.05, 4.69) is 61.7 Å². The van der Waals surface area contributed by atoms with Gasteiger partial charge in [-0.05, 0) is 47.9 Å². The van der Waals surface area contributed by atoms with E-state index >= 15 is 0 Å². The maximum Gasteiger partial charge on any atom is 0.0876 e. The summed E-state index contributed by atoms with van der Waals surface area (Å²) in [7, 11) is 0. The van der Waals surface area contributed by atoms with E-state index in [1.54, 1.807) is 0 Å². The molecule has 0 aromatic heterocycles.